The fraction of sp³-hybridized carbons (Fsp3) is 0.345. The third-order valence-electron chi connectivity index (χ3n) is 6.83. The van der Waals surface area contributed by atoms with E-state index in [1.807, 2.05) is 74.5 Å². The molecule has 0 spiro atoms. The molecule has 36 heavy (non-hydrogen) atoms. The zero-order chi connectivity index (χ0) is 25.8. The topological polar surface area (TPSA) is 69.7 Å². The van der Waals surface area contributed by atoms with Gasteiger partial charge in [0.25, 0.3) is 5.91 Å². The maximum atomic E-state index is 13.4. The van der Waals surface area contributed by atoms with Crippen LogP contribution in [0.15, 0.2) is 65.1 Å². The zero-order valence-corrected chi connectivity index (χ0v) is 22.5. The number of halogens is 1. The minimum absolute atomic E-state index is 0.0264. The molecule has 7 heteroatoms. The van der Waals surface area contributed by atoms with Crippen LogP contribution in [-0.4, -0.2) is 41.2 Å². The first-order valence-electron chi connectivity index (χ1n) is 12.5. The van der Waals surface area contributed by atoms with Gasteiger partial charge in [0.15, 0.2) is 0 Å². The molecule has 0 saturated carbocycles. The average Bonchev–Trinajstić information content (AvgIpc) is 3.14. The number of anilines is 1. The van der Waals surface area contributed by atoms with Gasteiger partial charge in [-0.25, -0.2) is 0 Å². The molecule has 1 N–H and O–H groups in total. The quantitative estimate of drug-likeness (QED) is 0.354. The molecular weight excluding hydrogens is 518 g/mol. The van der Waals surface area contributed by atoms with E-state index in [-0.39, 0.29) is 30.2 Å². The first-order chi connectivity index (χ1) is 17.3. The highest BCUT2D eigenvalue weighted by Gasteiger charge is 2.30. The highest BCUT2D eigenvalue weighted by molar-refractivity contribution is 9.10. The van der Waals surface area contributed by atoms with Crippen LogP contribution in [0.5, 0.6) is 0 Å². The summed E-state index contributed by atoms with van der Waals surface area (Å²) in [6.45, 7) is 6.52. The van der Waals surface area contributed by atoms with E-state index in [4.69, 9.17) is 0 Å². The van der Waals surface area contributed by atoms with Crippen molar-refractivity contribution in [2.75, 3.05) is 11.4 Å². The standard InChI is InChI=1S/C29H32BrN3O3/c1-4-19(2)31-28(35)20(3)33(18-21-9-5-12-23(30)17-21)26(34)15-8-16-32-25-14-7-11-22-10-6-13-24(27(22)25)29(32)36/h5-7,9-14,17,19-20H,4,8,15-16,18H2,1-3H3,(H,31,35). The second-order valence-corrected chi connectivity index (χ2v) is 10.3. The summed E-state index contributed by atoms with van der Waals surface area (Å²) in [7, 11) is 0. The lowest BCUT2D eigenvalue weighted by atomic mass is 10.1. The maximum Gasteiger partial charge on any atom is 0.258 e. The van der Waals surface area contributed by atoms with E-state index in [0.29, 0.717) is 25.1 Å². The second kappa shape index (κ2) is 11.2. The smallest absolute Gasteiger partial charge is 0.258 e. The summed E-state index contributed by atoms with van der Waals surface area (Å²) in [4.78, 5) is 42.8. The number of carbonyl (C=O) groups is 3. The molecule has 0 radical (unpaired) electrons. The Morgan fingerprint density at radius 1 is 1.06 bits per heavy atom. The van der Waals surface area contributed by atoms with Crippen molar-refractivity contribution in [3.63, 3.8) is 0 Å². The van der Waals surface area contributed by atoms with Crippen LogP contribution in [0, 0.1) is 0 Å². The van der Waals surface area contributed by atoms with Gasteiger partial charge in [0.1, 0.15) is 6.04 Å². The summed E-state index contributed by atoms with van der Waals surface area (Å²) in [5, 5.41) is 5.01. The molecule has 0 saturated heterocycles. The van der Waals surface area contributed by atoms with Gasteiger partial charge >= 0.3 is 0 Å². The van der Waals surface area contributed by atoms with Crippen LogP contribution in [-0.2, 0) is 16.1 Å². The Labute approximate surface area is 220 Å². The van der Waals surface area contributed by atoms with Crippen molar-refractivity contribution < 1.29 is 14.4 Å². The van der Waals surface area contributed by atoms with Crippen molar-refractivity contribution in [1.29, 1.82) is 0 Å². The van der Waals surface area contributed by atoms with Gasteiger partial charge in [0, 0.05) is 41.0 Å². The predicted octanol–water partition coefficient (Wildman–Crippen LogP) is 5.67. The molecule has 188 valence electrons. The number of hydrogen-bond donors (Lipinski definition) is 1. The van der Waals surface area contributed by atoms with Gasteiger partial charge in [-0.05, 0) is 61.9 Å². The van der Waals surface area contributed by atoms with E-state index in [2.05, 4.69) is 21.2 Å². The minimum atomic E-state index is -0.614. The molecule has 1 aliphatic rings. The van der Waals surface area contributed by atoms with Crippen LogP contribution in [0.1, 0.15) is 56.0 Å². The summed E-state index contributed by atoms with van der Waals surface area (Å²) in [6.07, 6.45) is 1.56. The zero-order valence-electron chi connectivity index (χ0n) is 21.0. The lowest BCUT2D eigenvalue weighted by Gasteiger charge is -2.30. The van der Waals surface area contributed by atoms with Gasteiger partial charge in [-0.1, -0.05) is 59.3 Å². The Morgan fingerprint density at radius 2 is 1.78 bits per heavy atom. The number of nitrogens with zero attached hydrogens (tertiary/aromatic N) is 2. The Bertz CT molecular complexity index is 1290. The van der Waals surface area contributed by atoms with Crippen molar-refractivity contribution in [1.82, 2.24) is 10.2 Å². The first-order valence-corrected chi connectivity index (χ1v) is 13.3. The third kappa shape index (κ3) is 5.46. The van der Waals surface area contributed by atoms with E-state index < -0.39 is 6.04 Å². The lowest BCUT2D eigenvalue weighted by molar-refractivity contribution is -0.140. The van der Waals surface area contributed by atoms with Crippen molar-refractivity contribution in [2.45, 2.75) is 58.7 Å². The summed E-state index contributed by atoms with van der Waals surface area (Å²) in [5.41, 5.74) is 2.55. The van der Waals surface area contributed by atoms with Gasteiger partial charge in [-0.15, -0.1) is 0 Å². The molecule has 3 aromatic rings. The number of benzene rings is 3. The highest BCUT2D eigenvalue weighted by atomic mass is 79.9. The third-order valence-corrected chi connectivity index (χ3v) is 7.32. The molecule has 0 bridgehead atoms. The number of nitrogens with one attached hydrogen (secondary N) is 1. The number of amides is 3. The molecule has 0 aliphatic carbocycles. The summed E-state index contributed by atoms with van der Waals surface area (Å²) >= 11 is 3.49. The first kappa shape index (κ1) is 25.9. The molecule has 4 rings (SSSR count). The van der Waals surface area contributed by atoms with Crippen LogP contribution >= 0.6 is 15.9 Å². The molecule has 1 heterocycles. The molecule has 0 aromatic heterocycles. The number of rotatable bonds is 10. The predicted molar refractivity (Wildman–Crippen MR) is 147 cm³/mol. The Balaban J connectivity index is 1.46. The average molecular weight is 550 g/mol. The van der Waals surface area contributed by atoms with Crippen molar-refractivity contribution in [2.24, 2.45) is 0 Å². The van der Waals surface area contributed by atoms with E-state index in [0.717, 1.165) is 32.9 Å². The van der Waals surface area contributed by atoms with Gasteiger partial charge in [0.05, 0.1) is 5.69 Å². The SMILES string of the molecule is CCC(C)NC(=O)C(C)N(Cc1cccc(Br)c1)C(=O)CCCN1C(=O)c2cccc3cccc1c23. The summed E-state index contributed by atoms with van der Waals surface area (Å²) < 4.78 is 0.922. The van der Waals surface area contributed by atoms with Gasteiger partial charge in [-0.2, -0.15) is 0 Å². The van der Waals surface area contributed by atoms with E-state index in [9.17, 15) is 14.4 Å². The molecule has 0 fully saturated rings. The molecule has 1 aliphatic heterocycles. The molecule has 2 atom stereocenters. The van der Waals surface area contributed by atoms with E-state index in [1.165, 1.54) is 0 Å². The Hall–Kier alpha value is -3.19. The molecule has 6 nitrogen and oxygen atoms in total. The van der Waals surface area contributed by atoms with Crippen LogP contribution in [0.4, 0.5) is 5.69 Å². The van der Waals surface area contributed by atoms with E-state index in [1.54, 1.807) is 16.7 Å². The highest BCUT2D eigenvalue weighted by Crippen LogP contribution is 2.37. The molecule has 2 unspecified atom stereocenters. The van der Waals surface area contributed by atoms with Crippen LogP contribution < -0.4 is 10.2 Å². The minimum Gasteiger partial charge on any atom is -0.352 e. The van der Waals surface area contributed by atoms with Gasteiger partial charge in [0.2, 0.25) is 11.8 Å². The number of hydrogen-bond acceptors (Lipinski definition) is 3. The fourth-order valence-electron chi connectivity index (χ4n) is 4.61. The molecular formula is C29H32BrN3O3. The maximum absolute atomic E-state index is 13.4. The number of carbonyl (C=O) groups excluding carboxylic acids is 3. The van der Waals surface area contributed by atoms with Gasteiger partial charge < -0.3 is 15.1 Å². The summed E-state index contributed by atoms with van der Waals surface area (Å²) in [5.74, 6) is -0.296. The Morgan fingerprint density at radius 3 is 2.50 bits per heavy atom. The van der Waals surface area contributed by atoms with Crippen LogP contribution in [0.2, 0.25) is 0 Å². The summed E-state index contributed by atoms with van der Waals surface area (Å²) in [6, 6.07) is 18.9. The van der Waals surface area contributed by atoms with E-state index >= 15 is 0 Å². The van der Waals surface area contributed by atoms with Crippen molar-refractivity contribution in [3.05, 3.63) is 76.3 Å². The molecule has 3 aromatic carbocycles. The van der Waals surface area contributed by atoms with Crippen molar-refractivity contribution >= 4 is 50.1 Å². The molecule has 3 amide bonds. The Kier molecular flexibility index (Phi) is 8.09. The van der Waals surface area contributed by atoms with Crippen LogP contribution in [0.25, 0.3) is 10.8 Å². The van der Waals surface area contributed by atoms with Crippen LogP contribution in [0.3, 0.4) is 0 Å². The second-order valence-electron chi connectivity index (χ2n) is 9.39. The lowest BCUT2D eigenvalue weighted by Crippen LogP contribution is -2.49. The fourth-order valence-corrected chi connectivity index (χ4v) is 5.06. The van der Waals surface area contributed by atoms with Gasteiger partial charge in [-0.3, -0.25) is 14.4 Å². The normalized spacial score (nSPS) is 14.1. The van der Waals surface area contributed by atoms with Crippen molar-refractivity contribution in [3.8, 4) is 0 Å². The largest absolute Gasteiger partial charge is 0.352 e. The monoisotopic (exact) mass is 549 g/mol.